The van der Waals surface area contributed by atoms with Crippen LogP contribution in [0.2, 0.25) is 0 Å². The Bertz CT molecular complexity index is 718. The quantitative estimate of drug-likeness (QED) is 0.576. The molecule has 0 amide bonds. The Kier molecular flexibility index (Phi) is 16.2. The zero-order chi connectivity index (χ0) is 19.9. The van der Waals surface area contributed by atoms with Crippen LogP contribution in [-0.4, -0.2) is 20.3 Å². The summed E-state index contributed by atoms with van der Waals surface area (Å²) >= 11 is 0. The molecule has 0 spiro atoms. The van der Waals surface area contributed by atoms with E-state index in [1.165, 1.54) is 5.56 Å². The fourth-order valence-corrected chi connectivity index (χ4v) is 2.59. The number of methoxy groups -OCH3 is 1. The Morgan fingerprint density at radius 3 is 1.96 bits per heavy atom. The van der Waals surface area contributed by atoms with Gasteiger partial charge in [-0.3, -0.25) is 0 Å². The first kappa shape index (κ1) is 27.1. The smallest absolute Gasteiger partial charge is 0 e. The average Bonchev–Trinajstić information content (AvgIpc) is 3.27. The van der Waals surface area contributed by atoms with Crippen LogP contribution in [0.5, 0.6) is 5.75 Å². The molecule has 0 radical (unpaired) electrons. The number of rotatable bonds is 3. The van der Waals surface area contributed by atoms with E-state index < -0.39 is 0 Å². The number of benzene rings is 2. The van der Waals surface area contributed by atoms with E-state index in [0.29, 0.717) is 13.2 Å². The van der Waals surface area contributed by atoms with E-state index in [-0.39, 0.29) is 23.7 Å². The van der Waals surface area contributed by atoms with Gasteiger partial charge in [-0.25, -0.2) is 0 Å². The van der Waals surface area contributed by atoms with Crippen molar-refractivity contribution in [3.63, 3.8) is 0 Å². The van der Waals surface area contributed by atoms with Crippen molar-refractivity contribution in [3.05, 3.63) is 73.5 Å². The molecule has 2 aromatic rings. The molecule has 0 bridgehead atoms. The van der Waals surface area contributed by atoms with Crippen molar-refractivity contribution in [3.8, 4) is 16.9 Å². The standard InChI is InChI=1S/C17H18O3.3CO.Cr/c1-12-6-3-4-7-13(12)16-14(17-19-10-11-20-17)8-5-9-15(16)18-2;3*1-2;/h3-9,17H,10-11H2,1-2H3;;;;. The summed E-state index contributed by atoms with van der Waals surface area (Å²) in [6.07, 6.45) is -0.306. The summed E-state index contributed by atoms with van der Waals surface area (Å²) < 4.78 is 39.4. The van der Waals surface area contributed by atoms with E-state index in [0.717, 1.165) is 22.4 Å². The van der Waals surface area contributed by atoms with Crippen LogP contribution in [0.25, 0.3) is 11.1 Å². The first-order valence-electron chi connectivity index (χ1n) is 7.38. The fourth-order valence-electron chi connectivity index (χ4n) is 2.59. The summed E-state index contributed by atoms with van der Waals surface area (Å²) in [4.78, 5) is 0. The van der Waals surface area contributed by atoms with Gasteiger partial charge in [0.1, 0.15) is 5.75 Å². The maximum Gasteiger partial charge on any atom is 0 e. The predicted molar refractivity (Wildman–Crippen MR) is 89.6 cm³/mol. The molecule has 0 aromatic heterocycles. The van der Waals surface area contributed by atoms with Gasteiger partial charge >= 0.3 is 33.9 Å². The molecule has 7 heteroatoms. The van der Waals surface area contributed by atoms with Gasteiger partial charge in [0.2, 0.25) is 0 Å². The van der Waals surface area contributed by atoms with Crippen LogP contribution in [0.4, 0.5) is 0 Å². The molecule has 1 saturated heterocycles. The molecule has 6 nitrogen and oxygen atoms in total. The van der Waals surface area contributed by atoms with E-state index in [9.17, 15) is 0 Å². The Morgan fingerprint density at radius 2 is 1.44 bits per heavy atom. The first-order valence-corrected chi connectivity index (χ1v) is 7.38. The number of hydrogen-bond donors (Lipinski definition) is 0. The van der Waals surface area contributed by atoms with E-state index in [2.05, 4.69) is 39.0 Å². The predicted octanol–water partition coefficient (Wildman–Crippen LogP) is 3.60. The molecule has 1 fully saturated rings. The van der Waals surface area contributed by atoms with Crippen molar-refractivity contribution < 1.29 is 45.5 Å². The maximum absolute atomic E-state index is 7.50. The molecule has 2 aromatic carbocycles. The van der Waals surface area contributed by atoms with Gasteiger partial charge in [0.25, 0.3) is 0 Å². The summed E-state index contributed by atoms with van der Waals surface area (Å²) in [5.41, 5.74) is 4.44. The second kappa shape index (κ2) is 16.1. The summed E-state index contributed by atoms with van der Waals surface area (Å²) in [5.74, 6) is 0.843. The van der Waals surface area contributed by atoms with Crippen molar-refractivity contribution in [2.75, 3.05) is 20.3 Å². The minimum absolute atomic E-state index is 0. The molecular formula is C20H18CrO6. The van der Waals surface area contributed by atoms with Gasteiger partial charge in [-0.1, -0.05) is 36.4 Å². The second-order valence-electron chi connectivity index (χ2n) is 4.81. The molecule has 0 unspecified atom stereocenters. The molecule has 0 N–H and O–H groups in total. The van der Waals surface area contributed by atoms with Crippen LogP contribution in [0.1, 0.15) is 17.4 Å². The molecule has 0 aliphatic carbocycles. The Hall–Kier alpha value is -2.09. The summed E-state index contributed by atoms with van der Waals surface area (Å²) in [6.45, 7) is 16.9. The van der Waals surface area contributed by atoms with Crippen molar-refractivity contribution in [1.29, 1.82) is 0 Å². The van der Waals surface area contributed by atoms with Crippen LogP contribution >= 0.6 is 0 Å². The second-order valence-corrected chi connectivity index (χ2v) is 4.81. The molecule has 0 saturated carbocycles. The summed E-state index contributed by atoms with van der Waals surface area (Å²) in [5, 5.41) is 0. The number of ether oxygens (including phenoxy) is 3. The topological polar surface area (TPSA) is 87.4 Å². The van der Waals surface area contributed by atoms with Gasteiger partial charge < -0.3 is 14.2 Å². The van der Waals surface area contributed by atoms with Gasteiger partial charge in [0.05, 0.1) is 20.3 Å². The molecule has 27 heavy (non-hydrogen) atoms. The van der Waals surface area contributed by atoms with E-state index in [1.807, 2.05) is 30.3 Å². The van der Waals surface area contributed by atoms with Crippen LogP contribution in [-0.2, 0) is 40.8 Å². The van der Waals surface area contributed by atoms with Crippen molar-refractivity contribution >= 4 is 0 Å². The molecular weight excluding hydrogens is 388 g/mol. The van der Waals surface area contributed by atoms with E-state index in [4.69, 9.17) is 28.2 Å². The molecule has 140 valence electrons. The van der Waals surface area contributed by atoms with Gasteiger partial charge in [0, 0.05) is 28.5 Å². The van der Waals surface area contributed by atoms with Crippen LogP contribution in [0.3, 0.4) is 0 Å². The third-order valence-electron chi connectivity index (χ3n) is 3.57. The minimum atomic E-state index is -0.306. The third-order valence-corrected chi connectivity index (χ3v) is 3.57. The third kappa shape index (κ3) is 7.21. The van der Waals surface area contributed by atoms with E-state index in [1.54, 1.807) is 7.11 Å². The number of hydrogen-bond acceptors (Lipinski definition) is 3. The molecule has 0 atom stereocenters. The molecule has 1 heterocycles. The monoisotopic (exact) mass is 406 g/mol. The summed E-state index contributed by atoms with van der Waals surface area (Å²) in [7, 11) is 1.69. The fraction of sp³-hybridized carbons (Fsp3) is 0.250. The Labute approximate surface area is 169 Å². The van der Waals surface area contributed by atoms with Gasteiger partial charge in [-0.15, -0.1) is 0 Å². The molecule has 1 aliphatic rings. The molecule has 1 aliphatic heterocycles. The van der Waals surface area contributed by atoms with Crippen LogP contribution < -0.4 is 4.74 Å². The van der Waals surface area contributed by atoms with Crippen LogP contribution in [0.15, 0.2) is 42.5 Å². The maximum atomic E-state index is 7.50. The summed E-state index contributed by atoms with van der Waals surface area (Å²) in [6, 6.07) is 14.3. The van der Waals surface area contributed by atoms with Gasteiger partial charge in [-0.05, 0) is 24.1 Å². The Morgan fingerprint density at radius 1 is 0.889 bits per heavy atom. The zero-order valence-corrected chi connectivity index (χ0v) is 16.2. The van der Waals surface area contributed by atoms with E-state index >= 15 is 0 Å². The SMILES string of the molecule is COc1cccc(C2OCCO2)c1-c1ccccc1C.[C-]#[O+].[C-]#[O+].[C-]#[O+].[Cr]. The largest absolute Gasteiger partial charge is 0 e. The zero-order valence-electron chi connectivity index (χ0n) is 14.9. The average molecular weight is 406 g/mol. The van der Waals surface area contributed by atoms with Crippen molar-refractivity contribution in [2.45, 2.75) is 13.2 Å². The van der Waals surface area contributed by atoms with Crippen molar-refractivity contribution in [2.24, 2.45) is 0 Å². The van der Waals surface area contributed by atoms with Gasteiger partial charge in [0.15, 0.2) is 6.29 Å². The first-order chi connectivity index (χ1) is 12.8. The number of aryl methyl sites for hydroxylation is 1. The van der Waals surface area contributed by atoms with Gasteiger partial charge in [-0.2, -0.15) is 0 Å². The van der Waals surface area contributed by atoms with Crippen LogP contribution in [0, 0.1) is 26.9 Å². The minimum Gasteiger partial charge on any atom is 0 e. The molecule has 3 rings (SSSR count). The van der Waals surface area contributed by atoms with Crippen molar-refractivity contribution in [1.82, 2.24) is 0 Å². The Balaban J connectivity index is 0. The normalized spacial score (nSPS) is 11.7.